The molecule has 4 heteroatoms. The van der Waals surface area contributed by atoms with Gasteiger partial charge in [-0.2, -0.15) is 5.10 Å². The quantitative estimate of drug-likeness (QED) is 0.882. The van der Waals surface area contributed by atoms with Crippen LogP contribution in [0.4, 0.5) is 0 Å². The summed E-state index contributed by atoms with van der Waals surface area (Å²) >= 11 is 0. The highest BCUT2D eigenvalue weighted by Crippen LogP contribution is 2.18. The van der Waals surface area contributed by atoms with Crippen molar-refractivity contribution in [3.8, 4) is 11.3 Å². The largest absolute Gasteiger partial charge is 0.385 e. The maximum absolute atomic E-state index is 4.57. The molecule has 0 saturated heterocycles. The molecule has 0 bridgehead atoms. The first-order valence-electron chi connectivity index (χ1n) is 9.32. The third kappa shape index (κ3) is 4.01. The molecule has 3 rings (SSSR count). The summed E-state index contributed by atoms with van der Waals surface area (Å²) in [6, 6.07) is 4.75. The summed E-state index contributed by atoms with van der Waals surface area (Å²) in [7, 11) is 0. The number of pyridine rings is 1. The van der Waals surface area contributed by atoms with E-state index < -0.39 is 0 Å². The molecule has 2 heterocycles. The van der Waals surface area contributed by atoms with Gasteiger partial charge in [0.15, 0.2) is 0 Å². The Bertz CT molecular complexity index is 824. The molecule has 132 valence electrons. The number of aromatic nitrogens is 3. The van der Waals surface area contributed by atoms with E-state index in [4.69, 9.17) is 0 Å². The molecule has 2 N–H and O–H groups in total. The minimum atomic E-state index is 0.564. The second-order valence-electron chi connectivity index (χ2n) is 6.76. The lowest BCUT2D eigenvalue weighted by atomic mass is 9.95. The molecule has 0 spiro atoms. The number of nitrogens with one attached hydrogen (secondary N) is 2. The molecule has 0 unspecified atom stereocenters. The van der Waals surface area contributed by atoms with E-state index in [1.165, 1.54) is 37.8 Å². The van der Waals surface area contributed by atoms with E-state index in [0.29, 0.717) is 6.04 Å². The van der Waals surface area contributed by atoms with E-state index in [1.54, 1.807) is 6.08 Å². The Kier molecular flexibility index (Phi) is 5.69. The summed E-state index contributed by atoms with van der Waals surface area (Å²) in [6.07, 6.45) is 13.1. The van der Waals surface area contributed by atoms with Crippen molar-refractivity contribution in [2.24, 2.45) is 0 Å². The standard InChI is InChI=1S/C21H28N4/c1-4-9-19-20(15(3)23-18-10-7-6-8-11-18)21(25-24-19)16-12-13-17(5-2)22-14-16/h4,9,12-14,18,23-24H,1,5-8,10-11H2,2-3H3/b19-9+,20-15-. The fourth-order valence-corrected chi connectivity index (χ4v) is 3.58. The summed E-state index contributed by atoms with van der Waals surface area (Å²) in [6.45, 7) is 8.10. The number of aromatic amines is 1. The summed E-state index contributed by atoms with van der Waals surface area (Å²) in [5.41, 5.74) is 4.25. The zero-order chi connectivity index (χ0) is 17.6. The highest BCUT2D eigenvalue weighted by molar-refractivity contribution is 5.63. The van der Waals surface area contributed by atoms with Crippen molar-refractivity contribution in [1.82, 2.24) is 20.5 Å². The molecule has 1 aliphatic rings. The predicted molar refractivity (Wildman–Crippen MR) is 104 cm³/mol. The van der Waals surface area contributed by atoms with E-state index in [-0.39, 0.29) is 0 Å². The second kappa shape index (κ2) is 8.15. The van der Waals surface area contributed by atoms with Crippen molar-refractivity contribution in [3.05, 3.63) is 47.2 Å². The van der Waals surface area contributed by atoms with Gasteiger partial charge in [-0.15, -0.1) is 0 Å². The molecule has 0 atom stereocenters. The molecule has 2 aromatic rings. The van der Waals surface area contributed by atoms with Crippen LogP contribution in [0.15, 0.2) is 31.0 Å². The van der Waals surface area contributed by atoms with Crippen molar-refractivity contribution < 1.29 is 0 Å². The minimum Gasteiger partial charge on any atom is -0.385 e. The van der Waals surface area contributed by atoms with Crippen LogP contribution in [0.25, 0.3) is 23.0 Å². The lowest BCUT2D eigenvalue weighted by molar-refractivity contribution is 0.407. The third-order valence-electron chi connectivity index (χ3n) is 4.94. The zero-order valence-corrected chi connectivity index (χ0v) is 15.3. The Morgan fingerprint density at radius 1 is 1.32 bits per heavy atom. The summed E-state index contributed by atoms with van der Waals surface area (Å²) in [5, 5.41) is 13.6. The van der Waals surface area contributed by atoms with Gasteiger partial charge in [0.05, 0.1) is 5.35 Å². The number of H-pyrrole nitrogens is 1. The highest BCUT2D eigenvalue weighted by atomic mass is 15.1. The third-order valence-corrected chi connectivity index (χ3v) is 4.94. The van der Waals surface area contributed by atoms with Gasteiger partial charge in [0.2, 0.25) is 0 Å². The first kappa shape index (κ1) is 17.5. The van der Waals surface area contributed by atoms with Crippen LogP contribution in [0.1, 0.15) is 51.6 Å². The van der Waals surface area contributed by atoms with E-state index in [9.17, 15) is 0 Å². The summed E-state index contributed by atoms with van der Waals surface area (Å²) < 4.78 is 0. The van der Waals surface area contributed by atoms with Gasteiger partial charge < -0.3 is 5.32 Å². The molecule has 1 aliphatic carbocycles. The monoisotopic (exact) mass is 336 g/mol. The molecule has 4 nitrogen and oxygen atoms in total. The van der Waals surface area contributed by atoms with Gasteiger partial charge in [0.1, 0.15) is 5.69 Å². The Balaban J connectivity index is 2.05. The molecule has 2 aromatic heterocycles. The zero-order valence-electron chi connectivity index (χ0n) is 15.3. The maximum Gasteiger partial charge on any atom is 0.103 e. The molecule has 0 aromatic carbocycles. The van der Waals surface area contributed by atoms with Crippen molar-refractivity contribution in [1.29, 1.82) is 0 Å². The minimum absolute atomic E-state index is 0.564. The molecular weight excluding hydrogens is 308 g/mol. The maximum atomic E-state index is 4.57. The number of nitrogens with zero attached hydrogens (tertiary/aromatic N) is 2. The topological polar surface area (TPSA) is 53.6 Å². The lowest BCUT2D eigenvalue weighted by Gasteiger charge is -2.24. The molecule has 0 amide bonds. The van der Waals surface area contributed by atoms with Gasteiger partial charge in [-0.25, -0.2) is 0 Å². The van der Waals surface area contributed by atoms with Crippen LogP contribution in [-0.4, -0.2) is 21.2 Å². The lowest BCUT2D eigenvalue weighted by Crippen LogP contribution is -2.36. The van der Waals surface area contributed by atoms with Gasteiger partial charge in [-0.3, -0.25) is 10.1 Å². The van der Waals surface area contributed by atoms with Crippen LogP contribution in [-0.2, 0) is 6.42 Å². The molecule has 25 heavy (non-hydrogen) atoms. The van der Waals surface area contributed by atoms with Crippen molar-refractivity contribution in [2.45, 2.75) is 58.4 Å². The Morgan fingerprint density at radius 3 is 2.76 bits per heavy atom. The van der Waals surface area contributed by atoms with E-state index in [2.05, 4.69) is 53.1 Å². The number of allylic oxidation sites excluding steroid dienone is 1. The number of rotatable bonds is 5. The van der Waals surface area contributed by atoms with Gasteiger partial charge in [0.25, 0.3) is 0 Å². The SMILES string of the molecule is C=C/C=c1/[nH]nc(-c2ccc(CC)nc2)/c1=C(/C)NC1CCCCC1. The number of aryl methyl sites for hydroxylation is 1. The van der Waals surface area contributed by atoms with Crippen LogP contribution in [0.2, 0.25) is 0 Å². The van der Waals surface area contributed by atoms with Crippen LogP contribution < -0.4 is 15.9 Å². The molecule has 1 saturated carbocycles. The van der Waals surface area contributed by atoms with Crippen molar-refractivity contribution in [3.63, 3.8) is 0 Å². The van der Waals surface area contributed by atoms with E-state index >= 15 is 0 Å². The van der Waals surface area contributed by atoms with Crippen LogP contribution in [0.5, 0.6) is 0 Å². The predicted octanol–water partition coefficient (Wildman–Crippen LogP) is 3.05. The average Bonchev–Trinajstić information content (AvgIpc) is 3.07. The fraction of sp³-hybridized carbons (Fsp3) is 0.429. The summed E-state index contributed by atoms with van der Waals surface area (Å²) in [4.78, 5) is 4.53. The highest BCUT2D eigenvalue weighted by Gasteiger charge is 2.15. The van der Waals surface area contributed by atoms with Gasteiger partial charge >= 0.3 is 0 Å². The smallest absolute Gasteiger partial charge is 0.103 e. The molecule has 0 radical (unpaired) electrons. The van der Waals surface area contributed by atoms with Crippen molar-refractivity contribution in [2.75, 3.05) is 0 Å². The Morgan fingerprint density at radius 2 is 2.12 bits per heavy atom. The van der Waals surface area contributed by atoms with Crippen LogP contribution in [0, 0.1) is 0 Å². The van der Waals surface area contributed by atoms with Gasteiger partial charge in [0, 0.05) is 34.4 Å². The van der Waals surface area contributed by atoms with Gasteiger partial charge in [-0.1, -0.05) is 38.8 Å². The Labute approximate surface area is 149 Å². The van der Waals surface area contributed by atoms with Crippen LogP contribution >= 0.6 is 0 Å². The van der Waals surface area contributed by atoms with Crippen LogP contribution in [0.3, 0.4) is 0 Å². The van der Waals surface area contributed by atoms with Gasteiger partial charge in [-0.05, 0) is 44.4 Å². The second-order valence-corrected chi connectivity index (χ2v) is 6.76. The van der Waals surface area contributed by atoms with E-state index in [0.717, 1.165) is 33.9 Å². The first-order valence-corrected chi connectivity index (χ1v) is 9.32. The number of hydrogen-bond donors (Lipinski definition) is 2. The van der Waals surface area contributed by atoms with E-state index in [1.807, 2.05) is 12.3 Å². The fourth-order valence-electron chi connectivity index (χ4n) is 3.58. The summed E-state index contributed by atoms with van der Waals surface area (Å²) in [5.74, 6) is 0. The van der Waals surface area contributed by atoms with Crippen molar-refractivity contribution >= 4 is 11.8 Å². The molecule has 1 fully saturated rings. The first-order chi connectivity index (χ1) is 12.2. The average molecular weight is 336 g/mol. The Hall–Kier alpha value is -2.36. The normalized spacial score (nSPS) is 17.4. The number of hydrogen-bond acceptors (Lipinski definition) is 3. The molecule has 0 aliphatic heterocycles. The molecular formula is C21H28N4.